The fraction of sp³-hybridized carbons (Fsp3) is 0.682. The maximum atomic E-state index is 13.2. The molecule has 2 fully saturated rings. The summed E-state index contributed by atoms with van der Waals surface area (Å²) in [4.78, 5) is 34.3. The van der Waals surface area contributed by atoms with Gasteiger partial charge in [-0.05, 0) is 55.6 Å². The first kappa shape index (κ1) is 19.8. The molecule has 5 nitrogen and oxygen atoms in total. The highest BCUT2D eigenvalue weighted by atomic mass is 16.2. The molecule has 0 aromatic carbocycles. The summed E-state index contributed by atoms with van der Waals surface area (Å²) in [6.45, 7) is 8.22. The molecule has 27 heavy (non-hydrogen) atoms. The third-order valence-electron chi connectivity index (χ3n) is 5.95. The number of rotatable bonds is 5. The second-order valence-electron chi connectivity index (χ2n) is 9.02. The molecule has 1 aromatic rings. The molecule has 148 valence electrons. The lowest BCUT2D eigenvalue weighted by Gasteiger charge is -2.38. The molecule has 2 aliphatic rings. The topological polar surface area (TPSA) is 53.5 Å². The van der Waals surface area contributed by atoms with Crippen LogP contribution in [0.3, 0.4) is 0 Å². The van der Waals surface area contributed by atoms with Gasteiger partial charge in [0.1, 0.15) is 6.04 Å². The molecule has 1 aromatic heterocycles. The Labute approximate surface area is 163 Å². The summed E-state index contributed by atoms with van der Waals surface area (Å²) < 4.78 is 0. The van der Waals surface area contributed by atoms with Gasteiger partial charge in [-0.3, -0.25) is 14.6 Å². The number of hydrogen-bond acceptors (Lipinski definition) is 3. The highest BCUT2D eigenvalue weighted by Crippen LogP contribution is 2.37. The van der Waals surface area contributed by atoms with E-state index in [1.165, 1.54) is 0 Å². The molecule has 0 bridgehead atoms. The van der Waals surface area contributed by atoms with E-state index in [9.17, 15) is 9.59 Å². The van der Waals surface area contributed by atoms with Crippen molar-refractivity contribution in [1.29, 1.82) is 0 Å². The number of hydrogen-bond donors (Lipinski definition) is 0. The molecular weight excluding hydrogens is 338 g/mol. The van der Waals surface area contributed by atoms with Gasteiger partial charge in [0.25, 0.3) is 0 Å². The molecule has 0 aliphatic carbocycles. The predicted molar refractivity (Wildman–Crippen MR) is 106 cm³/mol. The summed E-state index contributed by atoms with van der Waals surface area (Å²) in [7, 11) is 0. The fourth-order valence-electron chi connectivity index (χ4n) is 4.52. The van der Waals surface area contributed by atoms with Crippen LogP contribution in [0, 0.1) is 5.41 Å². The van der Waals surface area contributed by atoms with Gasteiger partial charge in [0.15, 0.2) is 0 Å². The Kier molecular flexibility index (Phi) is 6.18. The fourth-order valence-corrected chi connectivity index (χ4v) is 4.52. The number of aromatic nitrogens is 1. The van der Waals surface area contributed by atoms with Crippen molar-refractivity contribution in [3.8, 4) is 0 Å². The zero-order chi connectivity index (χ0) is 19.4. The second kappa shape index (κ2) is 8.41. The van der Waals surface area contributed by atoms with Crippen molar-refractivity contribution < 1.29 is 9.59 Å². The molecule has 2 saturated heterocycles. The first-order valence-electron chi connectivity index (χ1n) is 10.4. The molecule has 3 heterocycles. The Morgan fingerprint density at radius 3 is 2.56 bits per heavy atom. The smallest absolute Gasteiger partial charge is 0.245 e. The molecule has 0 radical (unpaired) electrons. The van der Waals surface area contributed by atoms with Crippen LogP contribution in [0.1, 0.15) is 64.9 Å². The number of carbonyl (C=O) groups excluding carboxylic acids is 2. The van der Waals surface area contributed by atoms with Crippen molar-refractivity contribution in [1.82, 2.24) is 14.8 Å². The Morgan fingerprint density at radius 1 is 1.19 bits per heavy atom. The molecule has 0 N–H and O–H groups in total. The van der Waals surface area contributed by atoms with E-state index in [1.54, 1.807) is 6.20 Å². The predicted octanol–water partition coefficient (Wildman–Crippen LogP) is 3.43. The quantitative estimate of drug-likeness (QED) is 0.797. The molecule has 0 spiro atoms. The average Bonchev–Trinajstić information content (AvgIpc) is 3.31. The van der Waals surface area contributed by atoms with Crippen molar-refractivity contribution in [3.05, 3.63) is 30.1 Å². The van der Waals surface area contributed by atoms with Crippen LogP contribution in [0.4, 0.5) is 0 Å². The third kappa shape index (κ3) is 4.69. The van der Waals surface area contributed by atoms with Gasteiger partial charge in [0.2, 0.25) is 11.8 Å². The van der Waals surface area contributed by atoms with E-state index >= 15 is 0 Å². The molecule has 2 atom stereocenters. The lowest BCUT2D eigenvalue weighted by atomic mass is 9.85. The molecular formula is C22H33N3O2. The van der Waals surface area contributed by atoms with Crippen LogP contribution in [-0.4, -0.2) is 51.8 Å². The van der Waals surface area contributed by atoms with Gasteiger partial charge in [-0.25, -0.2) is 0 Å². The number of pyridine rings is 1. The summed E-state index contributed by atoms with van der Waals surface area (Å²) in [6.07, 6.45) is 9.64. The monoisotopic (exact) mass is 371 g/mol. The van der Waals surface area contributed by atoms with Crippen molar-refractivity contribution in [2.45, 2.75) is 77.8 Å². The van der Waals surface area contributed by atoms with E-state index in [4.69, 9.17) is 0 Å². The SMILES string of the molecule is CC(C)(C)[C@H]1CC[C@@H](C(=O)N2CCCC2)N1C(=O)CCCc1cccnc1. The number of carbonyl (C=O) groups is 2. The third-order valence-corrected chi connectivity index (χ3v) is 5.95. The van der Waals surface area contributed by atoms with Crippen molar-refractivity contribution in [2.75, 3.05) is 13.1 Å². The maximum absolute atomic E-state index is 13.2. The van der Waals surface area contributed by atoms with Crippen LogP contribution in [0.15, 0.2) is 24.5 Å². The minimum Gasteiger partial charge on any atom is -0.341 e. The van der Waals surface area contributed by atoms with Crippen LogP contribution in [-0.2, 0) is 16.0 Å². The van der Waals surface area contributed by atoms with Crippen LogP contribution in [0.5, 0.6) is 0 Å². The first-order chi connectivity index (χ1) is 12.9. The molecule has 5 heteroatoms. The second-order valence-corrected chi connectivity index (χ2v) is 9.02. The normalized spacial score (nSPS) is 23.1. The Morgan fingerprint density at radius 2 is 1.93 bits per heavy atom. The van der Waals surface area contributed by atoms with E-state index in [0.29, 0.717) is 6.42 Å². The van der Waals surface area contributed by atoms with Crippen LogP contribution in [0.25, 0.3) is 0 Å². The summed E-state index contributed by atoms with van der Waals surface area (Å²) in [5.74, 6) is 0.300. The van der Waals surface area contributed by atoms with Crippen LogP contribution < -0.4 is 0 Å². The number of nitrogens with zero attached hydrogens (tertiary/aromatic N) is 3. The lowest BCUT2D eigenvalue weighted by Crippen LogP contribution is -2.52. The lowest BCUT2D eigenvalue weighted by molar-refractivity contribution is -0.146. The van der Waals surface area contributed by atoms with E-state index in [2.05, 4.69) is 25.8 Å². The van der Waals surface area contributed by atoms with Crippen molar-refractivity contribution in [3.63, 3.8) is 0 Å². The summed E-state index contributed by atoms with van der Waals surface area (Å²) >= 11 is 0. The molecule has 2 amide bonds. The number of likely N-dealkylation sites (tertiary alicyclic amines) is 2. The standard InChI is InChI=1S/C22H33N3O2/c1-22(2,3)19-12-11-18(21(27)24-14-4-5-15-24)25(19)20(26)10-6-8-17-9-7-13-23-16-17/h7,9,13,16,18-19H,4-6,8,10-12,14-15H2,1-3H3/t18-,19+/m0/s1. The van der Waals surface area contributed by atoms with Gasteiger partial charge in [-0.1, -0.05) is 26.8 Å². The molecule has 2 aliphatic heterocycles. The van der Waals surface area contributed by atoms with Gasteiger partial charge in [-0.15, -0.1) is 0 Å². The minimum atomic E-state index is -0.266. The number of amides is 2. The maximum Gasteiger partial charge on any atom is 0.245 e. The molecule has 0 unspecified atom stereocenters. The molecule has 0 saturated carbocycles. The van der Waals surface area contributed by atoms with E-state index < -0.39 is 0 Å². The zero-order valence-electron chi connectivity index (χ0n) is 17.0. The Bertz CT molecular complexity index is 647. The first-order valence-corrected chi connectivity index (χ1v) is 10.4. The summed E-state index contributed by atoms with van der Waals surface area (Å²) in [5.41, 5.74) is 1.14. The van der Waals surface area contributed by atoms with E-state index in [1.807, 2.05) is 28.1 Å². The highest BCUT2D eigenvalue weighted by Gasteiger charge is 2.46. The van der Waals surface area contributed by atoms with E-state index in [0.717, 1.165) is 57.2 Å². The van der Waals surface area contributed by atoms with E-state index in [-0.39, 0.29) is 29.3 Å². The van der Waals surface area contributed by atoms with Gasteiger partial charge in [0, 0.05) is 37.9 Å². The van der Waals surface area contributed by atoms with Gasteiger partial charge in [-0.2, -0.15) is 0 Å². The zero-order valence-corrected chi connectivity index (χ0v) is 17.0. The van der Waals surface area contributed by atoms with Crippen molar-refractivity contribution in [2.24, 2.45) is 5.41 Å². The van der Waals surface area contributed by atoms with Gasteiger partial charge >= 0.3 is 0 Å². The Balaban J connectivity index is 1.67. The van der Waals surface area contributed by atoms with Crippen LogP contribution >= 0.6 is 0 Å². The largest absolute Gasteiger partial charge is 0.341 e. The van der Waals surface area contributed by atoms with Crippen molar-refractivity contribution >= 4 is 11.8 Å². The summed E-state index contributed by atoms with van der Waals surface area (Å²) in [5, 5.41) is 0. The average molecular weight is 372 g/mol. The van der Waals surface area contributed by atoms with Gasteiger partial charge < -0.3 is 9.80 Å². The molecule has 3 rings (SSSR count). The van der Waals surface area contributed by atoms with Gasteiger partial charge in [0.05, 0.1) is 0 Å². The summed E-state index contributed by atoms with van der Waals surface area (Å²) in [6, 6.07) is 3.85. The number of aryl methyl sites for hydroxylation is 1. The highest BCUT2D eigenvalue weighted by molar-refractivity contribution is 5.88. The van der Waals surface area contributed by atoms with Crippen LogP contribution in [0.2, 0.25) is 0 Å². The minimum absolute atomic E-state index is 0.0148. The Hall–Kier alpha value is -1.91.